The van der Waals surface area contributed by atoms with Gasteiger partial charge in [-0.1, -0.05) is 11.6 Å². The number of hydrogen-bond acceptors (Lipinski definition) is 3. The van der Waals surface area contributed by atoms with E-state index < -0.39 is 11.7 Å². The van der Waals surface area contributed by atoms with Gasteiger partial charge in [0.1, 0.15) is 11.6 Å². The number of nitrogens with zero attached hydrogens (tertiary/aromatic N) is 1. The van der Waals surface area contributed by atoms with Crippen molar-refractivity contribution in [2.45, 2.75) is 31.1 Å². The van der Waals surface area contributed by atoms with E-state index in [1.807, 2.05) is 0 Å². The molecule has 1 heterocycles. The van der Waals surface area contributed by atoms with E-state index in [0.717, 1.165) is 36.8 Å². The average Bonchev–Trinajstić information content (AvgIpc) is 3.26. The zero-order valence-electron chi connectivity index (χ0n) is 12.7. The summed E-state index contributed by atoms with van der Waals surface area (Å²) >= 11 is 5.91. The van der Waals surface area contributed by atoms with Gasteiger partial charge in [0.2, 0.25) is 0 Å². The minimum absolute atomic E-state index is 0.0288. The van der Waals surface area contributed by atoms with Crippen molar-refractivity contribution in [3.8, 4) is 0 Å². The summed E-state index contributed by atoms with van der Waals surface area (Å²) < 4.78 is 14.5. The fourth-order valence-corrected chi connectivity index (χ4v) is 3.70. The van der Waals surface area contributed by atoms with Gasteiger partial charge in [0, 0.05) is 6.20 Å². The minimum atomic E-state index is -0.634. The number of carbonyl (C=O) groups is 2. The quantitative estimate of drug-likeness (QED) is 0.859. The highest BCUT2D eigenvalue weighted by Crippen LogP contribution is 2.56. The molecule has 1 amide bonds. The van der Waals surface area contributed by atoms with Crippen LogP contribution in [-0.4, -0.2) is 17.2 Å². The van der Waals surface area contributed by atoms with Crippen molar-refractivity contribution in [2.24, 2.45) is 0 Å². The molecule has 122 valence electrons. The Morgan fingerprint density at radius 2 is 2.12 bits per heavy atom. The van der Waals surface area contributed by atoms with E-state index in [1.165, 1.54) is 18.3 Å². The molecule has 2 aliphatic rings. The van der Waals surface area contributed by atoms with E-state index >= 15 is 0 Å². The molecule has 1 saturated carbocycles. The Balaban J connectivity index is 1.67. The molecule has 1 N–H and O–H groups in total. The second-order valence-corrected chi connectivity index (χ2v) is 6.80. The number of carbonyl (C=O) groups excluding carboxylic acids is 2. The molecule has 0 unspecified atom stereocenters. The van der Waals surface area contributed by atoms with Gasteiger partial charge in [-0.15, -0.1) is 0 Å². The zero-order chi connectivity index (χ0) is 16.9. The van der Waals surface area contributed by atoms with Crippen LogP contribution in [0.1, 0.15) is 51.1 Å². The summed E-state index contributed by atoms with van der Waals surface area (Å²) in [6.45, 7) is 0. The predicted octanol–water partition coefficient (Wildman–Crippen LogP) is 3.92. The SMILES string of the molecule is O=Cc1c(Cl)ccnc1NC(=O)c1cc2c(cc1F)C1(CC2)CC1. The molecule has 4 rings (SSSR count). The molecule has 0 aliphatic heterocycles. The number of fused-ring (bicyclic) bond motifs is 2. The Hall–Kier alpha value is -2.27. The van der Waals surface area contributed by atoms with Crippen LogP contribution >= 0.6 is 11.6 Å². The monoisotopic (exact) mass is 344 g/mol. The van der Waals surface area contributed by atoms with Gasteiger partial charge in [0.05, 0.1) is 16.1 Å². The molecule has 0 atom stereocenters. The highest BCUT2D eigenvalue weighted by Gasteiger charge is 2.48. The number of benzene rings is 1. The van der Waals surface area contributed by atoms with Crippen molar-refractivity contribution in [1.82, 2.24) is 4.98 Å². The maximum atomic E-state index is 14.5. The normalized spacial score (nSPS) is 16.8. The lowest BCUT2D eigenvalue weighted by molar-refractivity contribution is 0.102. The lowest BCUT2D eigenvalue weighted by Gasteiger charge is -2.12. The Morgan fingerprint density at radius 1 is 1.33 bits per heavy atom. The Labute approximate surface area is 143 Å². The van der Waals surface area contributed by atoms with Crippen molar-refractivity contribution in [3.63, 3.8) is 0 Å². The zero-order valence-corrected chi connectivity index (χ0v) is 13.5. The maximum Gasteiger partial charge on any atom is 0.259 e. The third kappa shape index (κ3) is 2.31. The van der Waals surface area contributed by atoms with E-state index in [2.05, 4.69) is 10.3 Å². The lowest BCUT2D eigenvalue weighted by Crippen LogP contribution is -2.17. The topological polar surface area (TPSA) is 59.1 Å². The molecule has 1 spiro atoms. The molecule has 2 aromatic rings. The summed E-state index contributed by atoms with van der Waals surface area (Å²) in [7, 11) is 0. The second kappa shape index (κ2) is 5.38. The second-order valence-electron chi connectivity index (χ2n) is 6.40. The van der Waals surface area contributed by atoms with Crippen LogP contribution in [0.5, 0.6) is 0 Å². The number of rotatable bonds is 3. The van der Waals surface area contributed by atoms with Crippen LogP contribution in [0.2, 0.25) is 5.02 Å². The molecule has 2 aliphatic carbocycles. The first-order chi connectivity index (χ1) is 11.5. The number of aryl methyl sites for hydroxylation is 1. The van der Waals surface area contributed by atoms with Gasteiger partial charge >= 0.3 is 0 Å². The van der Waals surface area contributed by atoms with Crippen LogP contribution in [0.3, 0.4) is 0 Å². The molecule has 1 aromatic heterocycles. The molecule has 1 fully saturated rings. The third-order valence-corrected chi connectivity index (χ3v) is 5.35. The minimum Gasteiger partial charge on any atom is -0.306 e. The number of hydrogen-bond donors (Lipinski definition) is 1. The van der Waals surface area contributed by atoms with Crippen molar-refractivity contribution in [1.29, 1.82) is 0 Å². The fourth-order valence-electron chi connectivity index (χ4n) is 3.51. The van der Waals surface area contributed by atoms with Crippen molar-refractivity contribution in [2.75, 3.05) is 5.32 Å². The fraction of sp³-hybridized carbons (Fsp3) is 0.278. The van der Waals surface area contributed by atoms with Gasteiger partial charge in [0.25, 0.3) is 5.91 Å². The summed E-state index contributed by atoms with van der Waals surface area (Å²) in [4.78, 5) is 27.5. The Morgan fingerprint density at radius 3 is 2.83 bits per heavy atom. The maximum absolute atomic E-state index is 14.5. The molecule has 24 heavy (non-hydrogen) atoms. The van der Waals surface area contributed by atoms with Crippen LogP contribution < -0.4 is 5.32 Å². The number of pyridine rings is 1. The van der Waals surface area contributed by atoms with Gasteiger partial charge in [-0.05, 0) is 60.4 Å². The van der Waals surface area contributed by atoms with Gasteiger partial charge in [0.15, 0.2) is 6.29 Å². The number of amides is 1. The van der Waals surface area contributed by atoms with Crippen LogP contribution in [0, 0.1) is 5.82 Å². The highest BCUT2D eigenvalue weighted by molar-refractivity contribution is 6.33. The van der Waals surface area contributed by atoms with Crippen molar-refractivity contribution in [3.05, 3.63) is 57.5 Å². The van der Waals surface area contributed by atoms with Crippen LogP contribution in [0.4, 0.5) is 10.2 Å². The number of nitrogens with one attached hydrogen (secondary N) is 1. The standard InChI is InChI=1S/C18H14ClFN2O2/c19-14-2-6-21-16(12(14)9-23)22-17(24)11-7-10-1-3-18(4-5-18)13(10)8-15(11)20/h2,6-9H,1,3-5H2,(H,21,22,24). The van der Waals surface area contributed by atoms with E-state index in [4.69, 9.17) is 11.6 Å². The smallest absolute Gasteiger partial charge is 0.259 e. The van der Waals surface area contributed by atoms with E-state index in [-0.39, 0.29) is 27.4 Å². The first-order valence-electron chi connectivity index (χ1n) is 7.78. The molecule has 0 bridgehead atoms. The van der Waals surface area contributed by atoms with Gasteiger partial charge in [-0.25, -0.2) is 9.37 Å². The van der Waals surface area contributed by atoms with Crippen LogP contribution in [0.25, 0.3) is 0 Å². The third-order valence-electron chi connectivity index (χ3n) is 5.02. The van der Waals surface area contributed by atoms with Crippen LogP contribution in [-0.2, 0) is 11.8 Å². The highest BCUT2D eigenvalue weighted by atomic mass is 35.5. The summed E-state index contributed by atoms with van der Waals surface area (Å²) in [5.41, 5.74) is 2.28. The molecule has 6 heteroatoms. The molecular weight excluding hydrogens is 331 g/mol. The van der Waals surface area contributed by atoms with E-state index in [1.54, 1.807) is 6.07 Å². The van der Waals surface area contributed by atoms with Crippen molar-refractivity contribution >= 4 is 29.6 Å². The van der Waals surface area contributed by atoms with Crippen LogP contribution in [0.15, 0.2) is 24.4 Å². The first-order valence-corrected chi connectivity index (χ1v) is 8.16. The van der Waals surface area contributed by atoms with E-state index in [0.29, 0.717) is 6.29 Å². The summed E-state index contributed by atoms with van der Waals surface area (Å²) in [5.74, 6) is -1.15. The number of anilines is 1. The van der Waals surface area contributed by atoms with Gasteiger partial charge < -0.3 is 5.32 Å². The number of aldehydes is 1. The molecule has 4 nitrogen and oxygen atoms in total. The molecule has 1 aromatic carbocycles. The average molecular weight is 345 g/mol. The Bertz CT molecular complexity index is 878. The van der Waals surface area contributed by atoms with Gasteiger partial charge in [-0.2, -0.15) is 0 Å². The van der Waals surface area contributed by atoms with E-state index in [9.17, 15) is 14.0 Å². The largest absolute Gasteiger partial charge is 0.306 e. The predicted molar refractivity (Wildman–Crippen MR) is 88.2 cm³/mol. The van der Waals surface area contributed by atoms with Crippen molar-refractivity contribution < 1.29 is 14.0 Å². The molecule has 0 radical (unpaired) electrons. The summed E-state index contributed by atoms with van der Waals surface area (Å²) in [5, 5.41) is 2.66. The number of halogens is 2. The number of aromatic nitrogens is 1. The van der Waals surface area contributed by atoms with Gasteiger partial charge in [-0.3, -0.25) is 9.59 Å². The Kier molecular flexibility index (Phi) is 3.42. The summed E-state index contributed by atoms with van der Waals surface area (Å²) in [6.07, 6.45) is 5.98. The summed E-state index contributed by atoms with van der Waals surface area (Å²) in [6, 6.07) is 4.57. The molecule has 0 saturated heterocycles. The molecular formula is C18H14ClFN2O2. The first kappa shape index (κ1) is 15.3. The lowest BCUT2D eigenvalue weighted by atomic mass is 9.97.